The van der Waals surface area contributed by atoms with Crippen molar-refractivity contribution in [2.75, 3.05) is 47.9 Å². The number of aromatic nitrogens is 1. The highest BCUT2D eigenvalue weighted by molar-refractivity contribution is 7.17. The average Bonchev–Trinajstić information content (AvgIpc) is 3.52. The van der Waals surface area contributed by atoms with E-state index in [2.05, 4.69) is 31.2 Å². The predicted octanol–water partition coefficient (Wildman–Crippen LogP) is -0.368. The van der Waals surface area contributed by atoms with Gasteiger partial charge >= 0.3 is 0 Å². The molecule has 5 rings (SSSR count). The molecule has 0 spiro atoms. The lowest BCUT2D eigenvalue weighted by atomic mass is 9.86. The van der Waals surface area contributed by atoms with Crippen molar-refractivity contribution in [3.8, 4) is 15.7 Å². The highest BCUT2D eigenvalue weighted by Gasteiger charge is 2.63. The first-order chi connectivity index (χ1) is 15.3. The minimum Gasteiger partial charge on any atom is -1.00 e. The Labute approximate surface area is 208 Å². The number of fused-ring (bicyclic) bond motifs is 3. The van der Waals surface area contributed by atoms with Crippen molar-refractivity contribution in [3.63, 3.8) is 0 Å². The van der Waals surface area contributed by atoms with Crippen LogP contribution in [0, 0.1) is 11.8 Å². The third-order valence-corrected chi connectivity index (χ3v) is 8.07. The van der Waals surface area contributed by atoms with Gasteiger partial charge in [-0.2, -0.15) is 0 Å². The summed E-state index contributed by atoms with van der Waals surface area (Å²) in [5, 5.41) is 5.18. The van der Waals surface area contributed by atoms with E-state index in [0.717, 1.165) is 52.5 Å². The molecule has 2 aromatic rings. The van der Waals surface area contributed by atoms with Gasteiger partial charge in [0.1, 0.15) is 5.69 Å². The molecule has 0 unspecified atom stereocenters. The zero-order valence-corrected chi connectivity index (χ0v) is 21.9. The van der Waals surface area contributed by atoms with Crippen LogP contribution in [0.5, 0.6) is 5.06 Å². The second-order valence-electron chi connectivity index (χ2n) is 10.1. The normalized spacial score (nSPS) is 27.1. The molecule has 10 heteroatoms. The SMILES string of the molecule is COc1ccc(-c2cc([C@H]3[C@H]4C(=O)N(CCC[N+](C)(C)C)C(=O)[C@H]4[C@@H]4CCCN43)no2)s1.[Br-]. The third-order valence-electron chi connectivity index (χ3n) is 7.01. The Morgan fingerprint density at radius 3 is 2.67 bits per heavy atom. The average molecular weight is 539 g/mol. The van der Waals surface area contributed by atoms with E-state index in [-0.39, 0.29) is 52.7 Å². The first kappa shape index (κ1) is 24.4. The molecule has 0 aromatic carbocycles. The van der Waals surface area contributed by atoms with Crippen LogP contribution in [0.2, 0.25) is 0 Å². The number of halogens is 1. The molecule has 3 aliphatic heterocycles. The number of rotatable bonds is 7. The second-order valence-corrected chi connectivity index (χ2v) is 11.1. The number of methoxy groups -OCH3 is 1. The first-order valence-electron chi connectivity index (χ1n) is 11.3. The Bertz CT molecular complexity index is 1030. The number of ether oxygens (including phenoxy) is 1. The minimum absolute atomic E-state index is 0. The Balaban J connectivity index is 0.00000259. The molecule has 0 N–H and O–H groups in total. The quantitative estimate of drug-likeness (QED) is 0.353. The Morgan fingerprint density at radius 2 is 1.97 bits per heavy atom. The summed E-state index contributed by atoms with van der Waals surface area (Å²) in [7, 11) is 8.02. The number of hydrogen-bond donors (Lipinski definition) is 0. The summed E-state index contributed by atoms with van der Waals surface area (Å²) >= 11 is 1.49. The van der Waals surface area contributed by atoms with Crippen LogP contribution in [0.25, 0.3) is 10.6 Å². The summed E-state index contributed by atoms with van der Waals surface area (Å²) < 4.78 is 11.8. The van der Waals surface area contributed by atoms with Crippen molar-refractivity contribution < 1.29 is 40.3 Å². The molecule has 2 amide bonds. The maximum atomic E-state index is 13.5. The molecule has 0 aliphatic carbocycles. The van der Waals surface area contributed by atoms with Gasteiger partial charge in [-0.05, 0) is 31.5 Å². The standard InChI is InChI=1S/C23H31N4O4S.BrH/c1-27(2,3)12-6-11-26-22(28)19-15-7-5-10-25(15)21(20(19)23(26)29)14-13-16(31-24-14)17-8-9-18(30-4)32-17;/h8-9,13,15,19-21H,5-7,10-12H2,1-4H3;1H/q+1;/p-1/t15-,19-,20-,21-;/m0./s1. The van der Waals surface area contributed by atoms with Crippen LogP contribution in [0.15, 0.2) is 22.7 Å². The number of likely N-dealkylation sites (tertiary alicyclic amines) is 1. The number of amides is 2. The van der Waals surface area contributed by atoms with Crippen molar-refractivity contribution in [1.29, 1.82) is 0 Å². The monoisotopic (exact) mass is 538 g/mol. The number of hydrogen-bond acceptors (Lipinski definition) is 7. The molecule has 180 valence electrons. The van der Waals surface area contributed by atoms with Crippen LogP contribution >= 0.6 is 11.3 Å². The number of carbonyl (C=O) groups excluding carboxylic acids is 2. The van der Waals surface area contributed by atoms with Crippen LogP contribution in [0.4, 0.5) is 0 Å². The molecule has 3 fully saturated rings. The van der Waals surface area contributed by atoms with E-state index in [1.54, 1.807) is 7.11 Å². The van der Waals surface area contributed by atoms with Crippen molar-refractivity contribution in [1.82, 2.24) is 15.0 Å². The van der Waals surface area contributed by atoms with Crippen molar-refractivity contribution >= 4 is 23.2 Å². The molecule has 33 heavy (non-hydrogen) atoms. The predicted molar refractivity (Wildman–Crippen MR) is 120 cm³/mol. The van der Waals surface area contributed by atoms with Crippen molar-refractivity contribution in [2.45, 2.75) is 31.3 Å². The van der Waals surface area contributed by atoms with Crippen LogP contribution in [0.3, 0.4) is 0 Å². The summed E-state index contributed by atoms with van der Waals surface area (Å²) in [6, 6.07) is 5.70. The number of nitrogens with zero attached hydrogens (tertiary/aromatic N) is 4. The van der Waals surface area contributed by atoms with E-state index in [0.29, 0.717) is 12.3 Å². The summed E-state index contributed by atoms with van der Waals surface area (Å²) in [4.78, 5) is 31.6. The van der Waals surface area contributed by atoms with E-state index in [1.807, 2.05) is 18.2 Å². The number of thiophene rings is 1. The van der Waals surface area contributed by atoms with Gasteiger partial charge in [0.15, 0.2) is 10.8 Å². The highest BCUT2D eigenvalue weighted by Crippen LogP contribution is 2.53. The number of carbonyl (C=O) groups is 2. The zero-order chi connectivity index (χ0) is 22.6. The molecule has 0 bridgehead atoms. The molecular weight excluding hydrogens is 508 g/mol. The Hall–Kier alpha value is -1.75. The van der Waals surface area contributed by atoms with Gasteiger partial charge in [-0.25, -0.2) is 0 Å². The lowest BCUT2D eigenvalue weighted by molar-refractivity contribution is -0.870. The Morgan fingerprint density at radius 1 is 1.21 bits per heavy atom. The zero-order valence-electron chi connectivity index (χ0n) is 19.5. The molecular formula is C23H31BrN4O4S. The van der Waals surface area contributed by atoms with Gasteiger partial charge in [-0.1, -0.05) is 16.5 Å². The van der Waals surface area contributed by atoms with E-state index in [1.165, 1.54) is 16.2 Å². The molecule has 3 aliphatic rings. The molecule has 8 nitrogen and oxygen atoms in total. The van der Waals surface area contributed by atoms with Gasteiger partial charge in [0.05, 0.1) is 57.6 Å². The third kappa shape index (κ3) is 4.26. The number of imide groups is 1. The molecule has 0 radical (unpaired) electrons. The Kier molecular flexibility index (Phi) is 6.74. The summed E-state index contributed by atoms with van der Waals surface area (Å²) in [6.07, 6.45) is 2.81. The molecule has 3 saturated heterocycles. The summed E-state index contributed by atoms with van der Waals surface area (Å²) in [5.74, 6) is 0.00796. The first-order valence-corrected chi connectivity index (χ1v) is 12.1. The highest BCUT2D eigenvalue weighted by atomic mass is 79.9. The second kappa shape index (κ2) is 9.13. The van der Waals surface area contributed by atoms with Gasteiger partial charge in [-0.15, -0.1) is 0 Å². The maximum Gasteiger partial charge on any atom is 0.235 e. The van der Waals surface area contributed by atoms with Gasteiger partial charge in [0, 0.05) is 25.1 Å². The summed E-state index contributed by atoms with van der Waals surface area (Å²) in [5.41, 5.74) is 0.751. The minimum atomic E-state index is -0.368. The summed E-state index contributed by atoms with van der Waals surface area (Å²) in [6.45, 7) is 2.31. The lowest BCUT2D eigenvalue weighted by Gasteiger charge is -2.28. The fourth-order valence-corrected chi connectivity index (χ4v) is 6.42. The van der Waals surface area contributed by atoms with Crippen LogP contribution in [-0.4, -0.2) is 85.2 Å². The molecule has 2 aromatic heterocycles. The fourth-order valence-electron chi connectivity index (χ4n) is 5.65. The smallest absolute Gasteiger partial charge is 0.235 e. The maximum absolute atomic E-state index is 13.5. The van der Waals surface area contributed by atoms with E-state index >= 15 is 0 Å². The van der Waals surface area contributed by atoms with Crippen LogP contribution in [0.1, 0.15) is 31.0 Å². The molecule has 4 atom stereocenters. The van der Waals surface area contributed by atoms with Crippen LogP contribution < -0.4 is 21.7 Å². The van der Waals surface area contributed by atoms with E-state index < -0.39 is 0 Å². The topological polar surface area (TPSA) is 75.9 Å². The van der Waals surface area contributed by atoms with Crippen molar-refractivity contribution in [3.05, 3.63) is 23.9 Å². The van der Waals surface area contributed by atoms with Gasteiger partial charge in [0.25, 0.3) is 0 Å². The van der Waals surface area contributed by atoms with E-state index in [9.17, 15) is 9.59 Å². The van der Waals surface area contributed by atoms with Gasteiger partial charge in [-0.3, -0.25) is 19.4 Å². The van der Waals surface area contributed by atoms with Crippen LogP contribution in [-0.2, 0) is 9.59 Å². The lowest BCUT2D eigenvalue weighted by Crippen LogP contribution is -3.00. The molecule has 5 heterocycles. The van der Waals surface area contributed by atoms with Gasteiger partial charge in [0.2, 0.25) is 11.8 Å². The largest absolute Gasteiger partial charge is 1.00 e. The van der Waals surface area contributed by atoms with E-state index in [4.69, 9.17) is 9.26 Å². The van der Waals surface area contributed by atoms with Crippen molar-refractivity contribution in [2.24, 2.45) is 11.8 Å². The number of quaternary nitrogens is 1. The molecule has 0 saturated carbocycles. The van der Waals surface area contributed by atoms with Gasteiger partial charge < -0.3 is 30.7 Å². The fraction of sp³-hybridized carbons (Fsp3) is 0.609.